The molecule has 0 radical (unpaired) electrons. The highest BCUT2D eigenvalue weighted by Crippen LogP contribution is 2.28. The lowest BCUT2D eigenvalue weighted by molar-refractivity contribution is -0.131. The molecule has 2 rings (SSSR count). The normalized spacial score (nSPS) is 16.7. The van der Waals surface area contributed by atoms with Crippen LogP contribution in [-0.2, 0) is 24.7 Å². The third kappa shape index (κ3) is 5.32. The average molecular weight is 443 g/mol. The Hall–Kier alpha value is -0.870. The predicted octanol–water partition coefficient (Wildman–Crippen LogP) is 1.70. The van der Waals surface area contributed by atoms with E-state index >= 15 is 0 Å². The monoisotopic (exact) mass is 442 g/mol. The SMILES string of the molecule is CS(=O)(=O)C1CCN(C(=O)CCNS(=O)(=O)c2c(Cl)cccc2Cl)CC1. The van der Waals surface area contributed by atoms with E-state index in [1.54, 1.807) is 4.90 Å². The van der Waals surface area contributed by atoms with Gasteiger partial charge in [0.05, 0.1) is 15.3 Å². The van der Waals surface area contributed by atoms with Crippen molar-refractivity contribution in [2.24, 2.45) is 0 Å². The number of nitrogens with one attached hydrogen (secondary N) is 1. The molecule has 11 heteroatoms. The quantitative estimate of drug-likeness (QED) is 0.722. The average Bonchev–Trinajstić information content (AvgIpc) is 2.53. The van der Waals surface area contributed by atoms with E-state index in [-0.39, 0.29) is 33.8 Å². The molecule has 146 valence electrons. The molecular weight excluding hydrogens is 423 g/mol. The van der Waals surface area contributed by atoms with Crippen molar-refractivity contribution in [2.75, 3.05) is 25.9 Å². The largest absolute Gasteiger partial charge is 0.343 e. The van der Waals surface area contributed by atoms with Crippen LogP contribution in [0.25, 0.3) is 0 Å². The molecule has 1 aromatic rings. The number of sulfone groups is 1. The maximum Gasteiger partial charge on any atom is 0.243 e. The second-order valence-corrected chi connectivity index (χ2v) is 11.0. The smallest absolute Gasteiger partial charge is 0.243 e. The molecule has 1 aromatic carbocycles. The Balaban J connectivity index is 1.89. The van der Waals surface area contributed by atoms with Crippen LogP contribution in [0.2, 0.25) is 10.0 Å². The fourth-order valence-corrected chi connectivity index (χ4v) is 6.03. The van der Waals surface area contributed by atoms with E-state index in [0.717, 1.165) is 0 Å². The first-order chi connectivity index (χ1) is 12.0. The van der Waals surface area contributed by atoms with Crippen molar-refractivity contribution in [3.05, 3.63) is 28.2 Å². The zero-order chi connectivity index (χ0) is 19.5. The summed E-state index contributed by atoms with van der Waals surface area (Å²) in [4.78, 5) is 13.5. The van der Waals surface area contributed by atoms with Gasteiger partial charge in [0.2, 0.25) is 15.9 Å². The number of nitrogens with zero attached hydrogens (tertiary/aromatic N) is 1. The topological polar surface area (TPSA) is 101 Å². The lowest BCUT2D eigenvalue weighted by Crippen LogP contribution is -2.43. The second-order valence-electron chi connectivity index (χ2n) is 6.11. The fraction of sp³-hybridized carbons (Fsp3) is 0.533. The molecule has 0 aliphatic carbocycles. The number of hydrogen-bond acceptors (Lipinski definition) is 5. The second kappa shape index (κ2) is 8.43. The van der Waals surface area contributed by atoms with Crippen molar-refractivity contribution in [2.45, 2.75) is 29.4 Å². The zero-order valence-corrected chi connectivity index (χ0v) is 17.3. The number of carbonyl (C=O) groups excluding carboxylic acids is 1. The van der Waals surface area contributed by atoms with E-state index in [9.17, 15) is 21.6 Å². The summed E-state index contributed by atoms with van der Waals surface area (Å²) in [5, 5.41) is -0.425. The number of sulfonamides is 1. The molecule has 0 atom stereocenters. The molecular formula is C15H20Cl2N2O5S2. The van der Waals surface area contributed by atoms with E-state index in [0.29, 0.717) is 25.9 Å². The van der Waals surface area contributed by atoms with Crippen molar-refractivity contribution in [1.29, 1.82) is 0 Å². The molecule has 0 unspecified atom stereocenters. The number of hydrogen-bond donors (Lipinski definition) is 1. The van der Waals surface area contributed by atoms with Crippen molar-refractivity contribution >= 4 is 49.0 Å². The minimum atomic E-state index is -3.94. The third-order valence-electron chi connectivity index (χ3n) is 4.22. The Morgan fingerprint density at radius 1 is 1.15 bits per heavy atom. The summed E-state index contributed by atoms with van der Waals surface area (Å²) in [6.45, 7) is 0.591. The van der Waals surface area contributed by atoms with Gasteiger partial charge in [-0.1, -0.05) is 29.3 Å². The van der Waals surface area contributed by atoms with E-state index in [2.05, 4.69) is 4.72 Å². The zero-order valence-electron chi connectivity index (χ0n) is 14.1. The molecule has 1 amide bonds. The summed E-state index contributed by atoms with van der Waals surface area (Å²) < 4.78 is 50.0. The maximum absolute atomic E-state index is 12.3. The number of rotatable bonds is 6. The molecule has 1 N–H and O–H groups in total. The lowest BCUT2D eigenvalue weighted by Gasteiger charge is -2.31. The lowest BCUT2D eigenvalue weighted by atomic mass is 10.1. The highest BCUT2D eigenvalue weighted by Gasteiger charge is 2.29. The Kier molecular flexibility index (Phi) is 6.95. The van der Waals surface area contributed by atoms with Crippen LogP contribution < -0.4 is 4.72 Å². The number of carbonyl (C=O) groups is 1. The molecule has 26 heavy (non-hydrogen) atoms. The number of amides is 1. The van der Waals surface area contributed by atoms with Crippen LogP contribution in [0.3, 0.4) is 0 Å². The Morgan fingerprint density at radius 3 is 2.19 bits per heavy atom. The number of piperidine rings is 1. The summed E-state index contributed by atoms with van der Waals surface area (Å²) in [6.07, 6.45) is 1.95. The van der Waals surface area contributed by atoms with Crippen LogP contribution in [0.4, 0.5) is 0 Å². The first kappa shape index (κ1) is 21.4. The summed E-state index contributed by atoms with van der Waals surface area (Å²) >= 11 is 11.8. The molecule has 7 nitrogen and oxygen atoms in total. The van der Waals surface area contributed by atoms with E-state index < -0.39 is 25.1 Å². The van der Waals surface area contributed by atoms with Crippen molar-refractivity contribution in [3.63, 3.8) is 0 Å². The summed E-state index contributed by atoms with van der Waals surface area (Å²) in [5.74, 6) is -0.232. The van der Waals surface area contributed by atoms with E-state index in [4.69, 9.17) is 23.2 Å². The predicted molar refractivity (Wildman–Crippen MR) is 101 cm³/mol. The van der Waals surface area contributed by atoms with Gasteiger partial charge in [0, 0.05) is 32.3 Å². The van der Waals surface area contributed by atoms with Gasteiger partial charge in [0.1, 0.15) is 14.7 Å². The summed E-state index contributed by atoms with van der Waals surface area (Å²) in [5.41, 5.74) is 0. The highest BCUT2D eigenvalue weighted by molar-refractivity contribution is 7.91. The molecule has 0 saturated carbocycles. The van der Waals surface area contributed by atoms with E-state index in [1.807, 2.05) is 0 Å². The number of halogens is 2. The summed E-state index contributed by atoms with van der Waals surface area (Å²) in [6, 6.07) is 4.37. The minimum absolute atomic E-state index is 0.000765. The molecule has 0 aromatic heterocycles. The van der Waals surface area contributed by atoms with Gasteiger partial charge in [0.15, 0.2) is 0 Å². The van der Waals surface area contributed by atoms with Gasteiger partial charge in [-0.05, 0) is 25.0 Å². The standard InChI is InChI=1S/C15H20Cl2N2O5S2/c1-25(21,22)11-6-9-19(10-7-11)14(20)5-8-18-26(23,24)15-12(16)3-2-4-13(15)17/h2-4,11,18H,5-10H2,1H3. The Bertz CT molecular complexity index is 859. The summed E-state index contributed by atoms with van der Waals surface area (Å²) in [7, 11) is -7.04. The van der Waals surface area contributed by atoms with Crippen LogP contribution in [0, 0.1) is 0 Å². The van der Waals surface area contributed by atoms with Crippen molar-refractivity contribution in [3.8, 4) is 0 Å². The van der Waals surface area contributed by atoms with Crippen LogP contribution in [0.1, 0.15) is 19.3 Å². The van der Waals surface area contributed by atoms with Gasteiger partial charge >= 0.3 is 0 Å². The molecule has 1 aliphatic heterocycles. The van der Waals surface area contributed by atoms with Crippen LogP contribution in [0.15, 0.2) is 23.1 Å². The molecule has 1 fully saturated rings. The first-order valence-electron chi connectivity index (χ1n) is 7.92. The van der Waals surface area contributed by atoms with Gasteiger partial charge in [-0.2, -0.15) is 0 Å². The molecule has 1 heterocycles. The van der Waals surface area contributed by atoms with Crippen molar-refractivity contribution in [1.82, 2.24) is 9.62 Å². The van der Waals surface area contributed by atoms with E-state index in [1.165, 1.54) is 24.5 Å². The van der Waals surface area contributed by atoms with Gasteiger partial charge in [-0.25, -0.2) is 21.6 Å². The van der Waals surface area contributed by atoms with Gasteiger partial charge < -0.3 is 4.90 Å². The third-order valence-corrected chi connectivity index (χ3v) is 8.32. The minimum Gasteiger partial charge on any atom is -0.343 e. The van der Waals surface area contributed by atoms with Gasteiger partial charge in [-0.15, -0.1) is 0 Å². The molecule has 1 aliphatic rings. The van der Waals surface area contributed by atoms with Crippen LogP contribution in [-0.4, -0.2) is 58.8 Å². The van der Waals surface area contributed by atoms with Gasteiger partial charge in [-0.3, -0.25) is 4.79 Å². The van der Waals surface area contributed by atoms with Crippen LogP contribution in [0.5, 0.6) is 0 Å². The fourth-order valence-electron chi connectivity index (χ4n) is 2.80. The highest BCUT2D eigenvalue weighted by atomic mass is 35.5. The molecule has 0 bridgehead atoms. The van der Waals surface area contributed by atoms with Crippen LogP contribution >= 0.6 is 23.2 Å². The van der Waals surface area contributed by atoms with Gasteiger partial charge in [0.25, 0.3) is 0 Å². The van der Waals surface area contributed by atoms with Crippen molar-refractivity contribution < 1.29 is 21.6 Å². The Labute approximate surface area is 163 Å². The maximum atomic E-state index is 12.3. The Morgan fingerprint density at radius 2 is 1.69 bits per heavy atom. The number of likely N-dealkylation sites (tertiary alicyclic amines) is 1. The molecule has 1 saturated heterocycles. The number of benzene rings is 1. The molecule has 0 spiro atoms. The first-order valence-corrected chi connectivity index (χ1v) is 12.1.